The van der Waals surface area contributed by atoms with E-state index in [1.807, 2.05) is 0 Å². The number of anilines is 9. The predicted octanol–water partition coefficient (Wildman–Crippen LogP) is 23.8. The normalized spacial score (nSPS) is 13.7. The molecule has 18 rings (SSSR count). The average Bonchev–Trinajstić information content (AvgIpc) is 1.66. The summed E-state index contributed by atoms with van der Waals surface area (Å²) < 4.78 is 12.0. The molecule has 6 heterocycles. The fourth-order valence-corrected chi connectivity index (χ4v) is 16.5. The van der Waals surface area contributed by atoms with Crippen LogP contribution in [0.5, 0.6) is 0 Å². The van der Waals surface area contributed by atoms with Gasteiger partial charge in [-0.15, -0.1) is 0 Å². The second-order valence-corrected chi connectivity index (χ2v) is 33.5. The number of hydrogen-bond acceptors (Lipinski definition) is 4. The van der Waals surface area contributed by atoms with Crippen LogP contribution in [-0.2, 0) is 27.1 Å². The van der Waals surface area contributed by atoms with E-state index in [4.69, 9.17) is 4.42 Å². The van der Waals surface area contributed by atoms with E-state index in [0.29, 0.717) is 0 Å². The van der Waals surface area contributed by atoms with E-state index in [-0.39, 0.29) is 33.8 Å². The first-order valence-electron chi connectivity index (χ1n) is 35.5. The molecule has 0 radical (unpaired) electrons. The minimum absolute atomic E-state index is 0.0430. The first-order valence-corrected chi connectivity index (χ1v) is 35.5. The topological polar surface area (TPSA) is 32.7 Å². The van der Waals surface area contributed by atoms with Crippen molar-refractivity contribution in [2.45, 2.75) is 131 Å². The Kier molecular flexibility index (Phi) is 12.9. The Morgan fingerprint density at radius 2 is 0.818 bits per heavy atom. The fourth-order valence-electron chi connectivity index (χ4n) is 16.5. The Labute approximate surface area is 582 Å². The summed E-state index contributed by atoms with van der Waals surface area (Å²) in [7, 11) is 0. The molecule has 0 aliphatic carbocycles. The molecule has 0 N–H and O–H groups in total. The first kappa shape index (κ1) is 60.9. The van der Waals surface area contributed by atoms with Crippen molar-refractivity contribution in [2.75, 3.05) is 14.7 Å². The Morgan fingerprint density at radius 3 is 1.40 bits per heavy atom. The zero-order valence-corrected chi connectivity index (χ0v) is 59.7. The number of furan rings is 1. The zero-order valence-electron chi connectivity index (χ0n) is 59.7. The van der Waals surface area contributed by atoms with Crippen LogP contribution in [0.4, 0.5) is 51.2 Å². The van der Waals surface area contributed by atoms with Crippen molar-refractivity contribution in [3.8, 4) is 22.5 Å². The number of para-hydroxylation sites is 4. The molecule has 0 fully saturated rings. The van der Waals surface area contributed by atoms with Gasteiger partial charge in [0.15, 0.2) is 0 Å². The maximum atomic E-state index is 6.76. The maximum absolute atomic E-state index is 6.76. The summed E-state index contributed by atoms with van der Waals surface area (Å²) in [6.45, 7) is 35.1. The van der Waals surface area contributed by atoms with Crippen molar-refractivity contribution in [2.24, 2.45) is 0 Å². The predicted molar refractivity (Wildman–Crippen MR) is 424 cm³/mol. The quantitative estimate of drug-likeness (QED) is 0.155. The second kappa shape index (κ2) is 21.0. The largest absolute Gasteiger partial charge is 0.455 e. The molecule has 486 valence electrons. The van der Waals surface area contributed by atoms with E-state index in [1.54, 1.807) is 0 Å². The lowest BCUT2D eigenvalue weighted by Crippen LogP contribution is -2.62. The van der Waals surface area contributed by atoms with E-state index >= 15 is 0 Å². The van der Waals surface area contributed by atoms with E-state index in [9.17, 15) is 0 Å². The lowest BCUT2D eigenvalue weighted by molar-refractivity contribution is 0.590. The lowest BCUT2D eigenvalue weighted by Gasteiger charge is -2.47. The number of benzene rings is 12. The van der Waals surface area contributed by atoms with Gasteiger partial charge < -0.3 is 28.3 Å². The Balaban J connectivity index is 0.984. The van der Waals surface area contributed by atoms with Crippen molar-refractivity contribution in [1.29, 1.82) is 0 Å². The molecule has 3 aliphatic rings. The second-order valence-electron chi connectivity index (χ2n) is 33.5. The van der Waals surface area contributed by atoms with Gasteiger partial charge >= 0.3 is 0 Å². The van der Waals surface area contributed by atoms with E-state index in [2.05, 4.69) is 364 Å². The highest BCUT2D eigenvalue weighted by Gasteiger charge is 2.48. The van der Waals surface area contributed by atoms with E-state index in [0.717, 1.165) is 72.9 Å². The monoisotopic (exact) mass is 1290 g/mol. The van der Waals surface area contributed by atoms with Gasteiger partial charge in [-0.3, -0.25) is 0 Å². The average molecular weight is 1290 g/mol. The van der Waals surface area contributed by atoms with Crippen LogP contribution >= 0.6 is 0 Å². The van der Waals surface area contributed by atoms with Crippen molar-refractivity contribution in [1.82, 2.24) is 9.13 Å². The third-order valence-corrected chi connectivity index (χ3v) is 21.9. The number of fused-ring (bicyclic) bond motifs is 15. The molecule has 7 heteroatoms. The molecule has 0 atom stereocenters. The van der Waals surface area contributed by atoms with Crippen LogP contribution in [0.15, 0.2) is 241 Å². The maximum Gasteiger partial charge on any atom is 0.252 e. The molecular weight excluding hydrogens is 1200 g/mol. The van der Waals surface area contributed by atoms with Gasteiger partial charge in [0, 0.05) is 77.7 Å². The Bertz CT molecular complexity index is 5780. The molecule has 6 nitrogen and oxygen atoms in total. The summed E-state index contributed by atoms with van der Waals surface area (Å²) in [5.41, 5.74) is 31.1. The van der Waals surface area contributed by atoms with Crippen LogP contribution < -0.4 is 31.1 Å². The number of aromatic nitrogens is 2. The summed E-state index contributed by atoms with van der Waals surface area (Å²) in [6.07, 6.45) is 0. The minimum Gasteiger partial charge on any atom is -0.455 e. The van der Waals surface area contributed by atoms with Crippen LogP contribution in [0, 0.1) is 0 Å². The molecule has 0 unspecified atom stereocenters. The number of hydrogen-bond donors (Lipinski definition) is 0. The highest BCUT2D eigenvalue weighted by molar-refractivity contribution is 7.00. The van der Waals surface area contributed by atoms with Gasteiger partial charge in [0.1, 0.15) is 11.2 Å². The smallest absolute Gasteiger partial charge is 0.252 e. The molecular formula is C92H84BN5O. The summed E-state index contributed by atoms with van der Waals surface area (Å²) >= 11 is 0. The summed E-state index contributed by atoms with van der Waals surface area (Å²) in [6, 6.07) is 90.7. The van der Waals surface area contributed by atoms with Gasteiger partial charge in [-0.25, -0.2) is 0 Å². The summed E-state index contributed by atoms with van der Waals surface area (Å²) in [5.74, 6) is 0. The van der Waals surface area contributed by atoms with Gasteiger partial charge in [-0.1, -0.05) is 219 Å². The molecule has 3 aliphatic heterocycles. The van der Waals surface area contributed by atoms with Crippen LogP contribution in [0.25, 0.3) is 88.1 Å². The highest BCUT2D eigenvalue weighted by Crippen LogP contribution is 2.56. The molecule has 0 amide bonds. The highest BCUT2D eigenvalue weighted by atomic mass is 16.3. The van der Waals surface area contributed by atoms with Gasteiger partial charge in [-0.2, -0.15) is 0 Å². The zero-order chi connectivity index (χ0) is 68.3. The van der Waals surface area contributed by atoms with Gasteiger partial charge in [0.05, 0.1) is 44.8 Å². The Hall–Kier alpha value is -10.5. The molecule has 12 aromatic carbocycles. The summed E-state index contributed by atoms with van der Waals surface area (Å²) in [5, 5.41) is 7.34. The third kappa shape index (κ3) is 9.28. The van der Waals surface area contributed by atoms with E-state index < -0.39 is 0 Å². The van der Waals surface area contributed by atoms with Gasteiger partial charge in [-0.05, 0) is 198 Å². The van der Waals surface area contributed by atoms with Crippen molar-refractivity contribution in [3.05, 3.63) is 264 Å². The third-order valence-electron chi connectivity index (χ3n) is 21.9. The van der Waals surface area contributed by atoms with Gasteiger partial charge in [0.2, 0.25) is 0 Å². The van der Waals surface area contributed by atoms with Crippen LogP contribution in [0.1, 0.15) is 132 Å². The SMILES string of the molecule is CC(C)(C)c1cc2c3c(c1)-n1c4ccc(C(C)(C)C)cc4c4cc(C(C)(C)C)cc(c41)N3c1cc(N(c3ccccc3)c3ccccc3)cc3c1B2c1ccc(-n2c4ccc(C(C)(C)C)cc4c4cc(C(C)(C)C)ccc42)cc1N3c1ccc(-c2cccc3c2oc2ccccc23)cc1. The molecule has 3 aromatic heterocycles. The fraction of sp³-hybridized carbons (Fsp3) is 0.217. The summed E-state index contributed by atoms with van der Waals surface area (Å²) in [4.78, 5) is 7.81. The molecule has 15 aromatic rings. The lowest BCUT2D eigenvalue weighted by atomic mass is 9.33. The van der Waals surface area contributed by atoms with Crippen molar-refractivity contribution < 1.29 is 4.42 Å². The van der Waals surface area contributed by atoms with Crippen LogP contribution in [0.3, 0.4) is 0 Å². The van der Waals surface area contributed by atoms with Crippen LogP contribution in [-0.4, -0.2) is 15.8 Å². The molecule has 0 spiro atoms. The van der Waals surface area contributed by atoms with Crippen LogP contribution in [0.2, 0.25) is 0 Å². The van der Waals surface area contributed by atoms with Gasteiger partial charge in [0.25, 0.3) is 6.71 Å². The Morgan fingerprint density at radius 1 is 0.323 bits per heavy atom. The van der Waals surface area contributed by atoms with Crippen molar-refractivity contribution >= 4 is 140 Å². The molecule has 0 bridgehead atoms. The molecule has 0 saturated carbocycles. The number of rotatable bonds is 6. The van der Waals surface area contributed by atoms with E-state index in [1.165, 1.54) is 111 Å². The standard InChI is InChI=1S/C92H84BN5O/c1-88(2,3)56-35-42-75-69(45-56)70-46-57(89(4,5)6)36-43-76(70)96(75)64-40-41-73-78(52-64)95(63-38-33-55(34-39-63)66-30-24-31-68-67-29-22-23-32-83(67)99-87(66)68)79-53-65(94(61-25-18-16-19-26-61)62-27-20-17-21-28-62)54-80-84(79)93(73)74-49-60(92(13,14)15)51-82-86(74)98(80)81-50-59(91(10,11)12)48-72-71-47-58(90(7,8)9)37-44-77(71)97(82)85(72)81/h16-54H,1-15H3. The minimum atomic E-state index is -0.203. The van der Waals surface area contributed by atoms with Crippen molar-refractivity contribution in [3.63, 3.8) is 0 Å². The molecule has 99 heavy (non-hydrogen) atoms. The molecule has 0 saturated heterocycles. The number of nitrogens with zero attached hydrogens (tertiary/aromatic N) is 5. The first-order chi connectivity index (χ1) is 47.3.